The third kappa shape index (κ3) is 3.12. The van der Waals surface area contributed by atoms with Gasteiger partial charge in [-0.15, -0.1) is 0 Å². The van der Waals surface area contributed by atoms with Crippen molar-refractivity contribution >= 4 is 18.5 Å². The Morgan fingerprint density at radius 1 is 1.35 bits per heavy atom. The summed E-state index contributed by atoms with van der Waals surface area (Å²) >= 11 is 0. The third-order valence-corrected chi connectivity index (χ3v) is 4.29. The highest BCUT2D eigenvalue weighted by molar-refractivity contribution is 6.61. The number of fused-ring (bicyclic) bond motifs is 1. The van der Waals surface area contributed by atoms with Gasteiger partial charge in [-0.3, -0.25) is 4.79 Å². The summed E-state index contributed by atoms with van der Waals surface area (Å²) in [6.45, 7) is 0.395. The molecule has 4 rings (SSSR count). The third-order valence-electron chi connectivity index (χ3n) is 4.29. The predicted molar refractivity (Wildman–Crippen MR) is 93.5 cm³/mol. The van der Waals surface area contributed by atoms with E-state index in [2.05, 4.69) is 10.4 Å². The van der Waals surface area contributed by atoms with Gasteiger partial charge >= 0.3 is 7.12 Å². The number of aromatic nitrogens is 2. The number of nitrogens with zero attached hydrogens (tertiary/aromatic N) is 2. The monoisotopic (exact) mass is 351 g/mol. The van der Waals surface area contributed by atoms with Crippen molar-refractivity contribution in [3.63, 3.8) is 0 Å². The first-order valence-electron chi connectivity index (χ1n) is 8.11. The fourth-order valence-corrected chi connectivity index (χ4v) is 2.88. The second kappa shape index (κ2) is 6.74. The first kappa shape index (κ1) is 16.5. The first-order valence-corrected chi connectivity index (χ1v) is 8.11. The van der Waals surface area contributed by atoms with Gasteiger partial charge in [0, 0.05) is 18.9 Å². The summed E-state index contributed by atoms with van der Waals surface area (Å²) in [7, 11) is -1.12. The molecule has 1 aromatic heterocycles. The molecule has 0 fully saturated rings. The number of nitrogens with one attached hydrogen (secondary N) is 1. The van der Waals surface area contributed by atoms with Crippen LogP contribution >= 0.6 is 0 Å². The lowest BCUT2D eigenvalue weighted by molar-refractivity contribution is 0.0947. The van der Waals surface area contributed by atoms with Gasteiger partial charge in [0.2, 0.25) is 0 Å². The van der Waals surface area contributed by atoms with Crippen LogP contribution in [-0.4, -0.2) is 27.8 Å². The molecule has 0 unspecified atom stereocenters. The van der Waals surface area contributed by atoms with Gasteiger partial charge in [-0.2, -0.15) is 5.10 Å². The summed E-state index contributed by atoms with van der Waals surface area (Å²) < 4.78 is 20.9. The molecule has 26 heavy (non-hydrogen) atoms. The van der Waals surface area contributed by atoms with Crippen LogP contribution in [0.4, 0.5) is 4.39 Å². The molecule has 0 radical (unpaired) electrons. The van der Waals surface area contributed by atoms with Gasteiger partial charge < -0.3 is 15.0 Å². The molecule has 0 saturated carbocycles. The molecule has 6 nitrogen and oxygen atoms in total. The van der Waals surface area contributed by atoms with Crippen molar-refractivity contribution in [3.05, 3.63) is 77.4 Å². The van der Waals surface area contributed by atoms with Crippen LogP contribution in [0.3, 0.4) is 0 Å². The molecule has 2 heterocycles. The molecule has 1 aliphatic heterocycles. The highest BCUT2D eigenvalue weighted by Crippen LogP contribution is 2.16. The topological polar surface area (TPSA) is 76.4 Å². The molecule has 0 spiro atoms. The van der Waals surface area contributed by atoms with Crippen molar-refractivity contribution in [3.8, 4) is 5.69 Å². The fourth-order valence-electron chi connectivity index (χ4n) is 2.88. The summed E-state index contributed by atoms with van der Waals surface area (Å²) in [6.07, 6.45) is 3.53. The van der Waals surface area contributed by atoms with E-state index >= 15 is 0 Å². The maximum Gasteiger partial charge on any atom is 0.491 e. The minimum Gasteiger partial charge on any atom is -0.423 e. The Bertz CT molecular complexity index is 945. The molecule has 0 atom stereocenters. The van der Waals surface area contributed by atoms with E-state index in [1.54, 1.807) is 10.9 Å². The minimum atomic E-state index is -1.12. The van der Waals surface area contributed by atoms with E-state index in [1.807, 2.05) is 36.5 Å². The van der Waals surface area contributed by atoms with Gasteiger partial charge in [0.15, 0.2) is 0 Å². The second-order valence-corrected chi connectivity index (χ2v) is 5.99. The maximum atomic E-state index is 14.2. The number of benzene rings is 2. The normalized spacial score (nSPS) is 12.9. The number of hydrogen-bond acceptors (Lipinski definition) is 4. The summed E-state index contributed by atoms with van der Waals surface area (Å²) in [5.74, 6) is -1.17. The van der Waals surface area contributed by atoms with E-state index in [1.165, 1.54) is 12.1 Å². The molecule has 2 N–H and O–H groups in total. The van der Waals surface area contributed by atoms with E-state index in [0.717, 1.165) is 11.3 Å². The molecule has 1 amide bonds. The average Bonchev–Trinajstić information content (AvgIpc) is 3.30. The van der Waals surface area contributed by atoms with Crippen LogP contribution in [0, 0.1) is 5.82 Å². The summed E-state index contributed by atoms with van der Waals surface area (Å²) in [5.41, 5.74) is 2.66. The van der Waals surface area contributed by atoms with Crippen molar-refractivity contribution in [2.24, 2.45) is 0 Å². The highest BCUT2D eigenvalue weighted by atomic mass is 19.1. The van der Waals surface area contributed by atoms with Crippen LogP contribution in [0.25, 0.3) is 5.69 Å². The lowest BCUT2D eigenvalue weighted by Gasteiger charge is -2.09. The molecule has 2 aromatic carbocycles. The molecule has 0 aliphatic carbocycles. The van der Waals surface area contributed by atoms with Gasteiger partial charge in [-0.05, 0) is 46.9 Å². The maximum absolute atomic E-state index is 14.2. The Kier molecular flexibility index (Phi) is 4.28. The average molecular weight is 351 g/mol. The van der Waals surface area contributed by atoms with Gasteiger partial charge in [0.05, 0.1) is 17.9 Å². The lowest BCUT2D eigenvalue weighted by Crippen LogP contribution is -2.31. The fraction of sp³-hybridized carbons (Fsp3) is 0.111. The zero-order chi connectivity index (χ0) is 18.1. The van der Waals surface area contributed by atoms with Crippen LogP contribution < -0.4 is 10.8 Å². The summed E-state index contributed by atoms with van der Waals surface area (Å²) in [6, 6.07) is 11.9. The Labute approximate surface area is 149 Å². The molecule has 0 saturated heterocycles. The number of rotatable bonds is 4. The van der Waals surface area contributed by atoms with E-state index in [9.17, 15) is 14.2 Å². The molecule has 130 valence electrons. The molecular formula is C18H15BFN3O3. The number of carbonyl (C=O) groups is 1. The smallest absolute Gasteiger partial charge is 0.423 e. The zero-order valence-corrected chi connectivity index (χ0v) is 13.7. The second-order valence-electron chi connectivity index (χ2n) is 5.99. The summed E-state index contributed by atoms with van der Waals surface area (Å²) in [4.78, 5) is 12.3. The van der Waals surface area contributed by atoms with E-state index in [0.29, 0.717) is 11.0 Å². The van der Waals surface area contributed by atoms with E-state index < -0.39 is 18.8 Å². The lowest BCUT2D eigenvalue weighted by atomic mass is 9.78. The summed E-state index contributed by atoms with van der Waals surface area (Å²) in [5, 5.41) is 16.5. The SMILES string of the molecule is O=C(NCc1ccc(-n2cccn2)cc1)c1cc2c(cc1F)COB2O. The Morgan fingerprint density at radius 2 is 2.15 bits per heavy atom. The van der Waals surface area contributed by atoms with Crippen LogP contribution in [0.2, 0.25) is 0 Å². The number of hydrogen-bond donors (Lipinski definition) is 2. The molecule has 1 aliphatic rings. The van der Waals surface area contributed by atoms with Gasteiger partial charge in [-0.25, -0.2) is 9.07 Å². The molecule has 3 aromatic rings. The van der Waals surface area contributed by atoms with Crippen molar-refractivity contribution in [2.45, 2.75) is 13.2 Å². The quantitative estimate of drug-likeness (QED) is 0.692. The van der Waals surface area contributed by atoms with Gasteiger partial charge in [-0.1, -0.05) is 12.1 Å². The largest absolute Gasteiger partial charge is 0.491 e. The van der Waals surface area contributed by atoms with Crippen molar-refractivity contribution in [2.75, 3.05) is 0 Å². The number of carbonyl (C=O) groups excluding carboxylic acids is 1. The Morgan fingerprint density at radius 3 is 2.88 bits per heavy atom. The van der Waals surface area contributed by atoms with Crippen LogP contribution in [0.15, 0.2) is 54.9 Å². The van der Waals surface area contributed by atoms with Crippen LogP contribution in [0.1, 0.15) is 21.5 Å². The molecule has 8 heteroatoms. The molecular weight excluding hydrogens is 336 g/mol. The first-order chi connectivity index (χ1) is 12.6. The highest BCUT2D eigenvalue weighted by Gasteiger charge is 2.29. The predicted octanol–water partition coefficient (Wildman–Crippen LogP) is 1.16. The van der Waals surface area contributed by atoms with Crippen molar-refractivity contribution < 1.29 is 18.9 Å². The van der Waals surface area contributed by atoms with Crippen molar-refractivity contribution in [1.29, 1.82) is 0 Å². The zero-order valence-electron chi connectivity index (χ0n) is 13.7. The van der Waals surface area contributed by atoms with Gasteiger partial charge in [0.25, 0.3) is 5.91 Å². The van der Waals surface area contributed by atoms with E-state index in [4.69, 9.17) is 4.65 Å². The van der Waals surface area contributed by atoms with Gasteiger partial charge in [0.1, 0.15) is 5.82 Å². The molecule has 0 bridgehead atoms. The Hall–Kier alpha value is -2.97. The van der Waals surface area contributed by atoms with E-state index in [-0.39, 0.29) is 18.7 Å². The number of amides is 1. The van der Waals surface area contributed by atoms with Crippen LogP contribution in [-0.2, 0) is 17.8 Å². The number of halogens is 1. The standard InChI is InChI=1S/C18H15BFN3O3/c20-17-8-13-11-26-19(25)16(13)9-15(17)18(24)21-10-12-2-4-14(5-3-12)23-7-1-6-22-23/h1-9,25H,10-11H2,(H,21,24). The minimum absolute atomic E-state index is 0.110. The van der Waals surface area contributed by atoms with Crippen LogP contribution in [0.5, 0.6) is 0 Å². The Balaban J connectivity index is 1.45. The van der Waals surface area contributed by atoms with Crippen molar-refractivity contribution in [1.82, 2.24) is 15.1 Å².